The lowest BCUT2D eigenvalue weighted by molar-refractivity contribution is 0.0601. The van der Waals surface area contributed by atoms with E-state index < -0.39 is 5.97 Å². The predicted molar refractivity (Wildman–Crippen MR) is 101 cm³/mol. The van der Waals surface area contributed by atoms with Crippen LogP contribution in [0, 0.1) is 0 Å². The molecule has 1 heterocycles. The zero-order valence-electron chi connectivity index (χ0n) is 14.1. The quantitative estimate of drug-likeness (QED) is 0.395. The van der Waals surface area contributed by atoms with Crippen molar-refractivity contribution in [3.05, 3.63) is 82.6 Å². The first-order valence-electron chi connectivity index (χ1n) is 7.96. The van der Waals surface area contributed by atoms with Crippen LogP contribution in [0.5, 0.6) is 0 Å². The predicted octanol–water partition coefficient (Wildman–Crippen LogP) is 4.51. The van der Waals surface area contributed by atoms with Crippen molar-refractivity contribution in [2.45, 2.75) is 6.54 Å². The van der Waals surface area contributed by atoms with Crippen LogP contribution in [0.3, 0.4) is 0 Å². The molecule has 1 aromatic heterocycles. The lowest BCUT2D eigenvalue weighted by Gasteiger charge is -2.04. The van der Waals surface area contributed by atoms with E-state index in [9.17, 15) is 4.79 Å². The Labute approximate surface area is 156 Å². The van der Waals surface area contributed by atoms with E-state index in [4.69, 9.17) is 20.8 Å². The lowest BCUT2D eigenvalue weighted by atomic mass is 10.1. The van der Waals surface area contributed by atoms with Crippen molar-refractivity contribution in [3.63, 3.8) is 0 Å². The summed E-state index contributed by atoms with van der Waals surface area (Å²) in [7, 11) is 1.35. The van der Waals surface area contributed by atoms with Gasteiger partial charge in [-0.05, 0) is 29.8 Å². The molecule has 3 rings (SSSR count). The Kier molecular flexibility index (Phi) is 5.71. The highest BCUT2D eigenvalue weighted by atomic mass is 35.5. The van der Waals surface area contributed by atoms with E-state index in [1.807, 2.05) is 36.4 Å². The third-order valence-electron chi connectivity index (χ3n) is 3.74. The summed E-state index contributed by atoms with van der Waals surface area (Å²) in [5.74, 6) is 0.721. The molecule has 0 fully saturated rings. The molecule has 2 aromatic carbocycles. The second-order valence-corrected chi connectivity index (χ2v) is 5.83. The van der Waals surface area contributed by atoms with Crippen LogP contribution in [-0.2, 0) is 11.3 Å². The molecule has 1 N–H and O–H groups in total. The van der Waals surface area contributed by atoms with Crippen molar-refractivity contribution in [2.24, 2.45) is 5.10 Å². The Bertz CT molecular complexity index is 934. The summed E-state index contributed by atoms with van der Waals surface area (Å²) in [5, 5.41) is 4.83. The van der Waals surface area contributed by atoms with Gasteiger partial charge in [-0.25, -0.2) is 4.79 Å². The van der Waals surface area contributed by atoms with Crippen LogP contribution in [0.2, 0.25) is 5.02 Å². The number of methoxy groups -OCH3 is 1. The number of nitrogens with one attached hydrogen (secondary N) is 1. The van der Waals surface area contributed by atoms with E-state index in [-0.39, 0.29) is 0 Å². The fourth-order valence-electron chi connectivity index (χ4n) is 2.43. The van der Waals surface area contributed by atoms with Crippen molar-refractivity contribution >= 4 is 23.8 Å². The second kappa shape index (κ2) is 8.36. The largest absolute Gasteiger partial charge is 0.465 e. The summed E-state index contributed by atoms with van der Waals surface area (Å²) < 4.78 is 10.6. The van der Waals surface area contributed by atoms with Gasteiger partial charge in [-0.1, -0.05) is 48.0 Å². The summed E-state index contributed by atoms with van der Waals surface area (Å²) in [6.45, 7) is 0.509. The Morgan fingerprint density at radius 1 is 1.15 bits per heavy atom. The van der Waals surface area contributed by atoms with Crippen LogP contribution < -0.4 is 5.43 Å². The third-order valence-corrected chi connectivity index (χ3v) is 4.10. The monoisotopic (exact) mass is 368 g/mol. The molecule has 3 aromatic rings. The van der Waals surface area contributed by atoms with E-state index in [0.717, 1.165) is 5.56 Å². The number of halogens is 1. The molecule has 0 saturated heterocycles. The summed E-state index contributed by atoms with van der Waals surface area (Å²) in [6.07, 6.45) is 1.57. The molecule has 0 aliphatic heterocycles. The van der Waals surface area contributed by atoms with Gasteiger partial charge in [0, 0.05) is 10.6 Å². The molecular weight excluding hydrogens is 352 g/mol. The molecule has 0 unspecified atom stereocenters. The molecule has 26 heavy (non-hydrogen) atoms. The fourth-order valence-corrected chi connectivity index (χ4v) is 2.64. The fraction of sp³-hybridized carbons (Fsp3) is 0.100. The summed E-state index contributed by atoms with van der Waals surface area (Å²) >= 11 is 6.10. The van der Waals surface area contributed by atoms with Crippen molar-refractivity contribution in [1.29, 1.82) is 0 Å². The van der Waals surface area contributed by atoms with Crippen molar-refractivity contribution in [3.8, 4) is 11.3 Å². The number of hydrazone groups is 1. The van der Waals surface area contributed by atoms with Gasteiger partial charge in [0.15, 0.2) is 0 Å². The second-order valence-electron chi connectivity index (χ2n) is 5.42. The van der Waals surface area contributed by atoms with Crippen LogP contribution in [-0.4, -0.2) is 19.3 Å². The first-order valence-corrected chi connectivity index (χ1v) is 8.33. The van der Waals surface area contributed by atoms with Crippen molar-refractivity contribution in [1.82, 2.24) is 5.43 Å². The number of rotatable bonds is 6. The number of nitrogens with zero attached hydrogens (tertiary/aromatic N) is 1. The topological polar surface area (TPSA) is 63.8 Å². The van der Waals surface area contributed by atoms with Crippen LogP contribution in [0.1, 0.15) is 21.7 Å². The van der Waals surface area contributed by atoms with Gasteiger partial charge in [0.25, 0.3) is 0 Å². The van der Waals surface area contributed by atoms with Crippen LogP contribution >= 0.6 is 11.6 Å². The highest BCUT2D eigenvalue weighted by molar-refractivity contribution is 6.31. The number of esters is 1. The van der Waals surface area contributed by atoms with Crippen LogP contribution in [0.15, 0.2) is 70.2 Å². The van der Waals surface area contributed by atoms with Crippen LogP contribution in [0.4, 0.5) is 0 Å². The molecule has 0 aliphatic rings. The zero-order valence-corrected chi connectivity index (χ0v) is 14.9. The maximum absolute atomic E-state index is 11.9. The maximum Gasteiger partial charge on any atom is 0.338 e. The normalized spacial score (nSPS) is 10.8. The van der Waals surface area contributed by atoms with Gasteiger partial charge in [-0.3, -0.25) is 0 Å². The van der Waals surface area contributed by atoms with Gasteiger partial charge >= 0.3 is 5.97 Å². The molecule has 0 amide bonds. The van der Waals surface area contributed by atoms with E-state index in [1.165, 1.54) is 7.11 Å². The molecule has 132 valence electrons. The van der Waals surface area contributed by atoms with Gasteiger partial charge < -0.3 is 14.6 Å². The average Bonchev–Trinajstić information content (AvgIpc) is 3.14. The van der Waals surface area contributed by atoms with Gasteiger partial charge in [0.2, 0.25) is 0 Å². The molecule has 0 saturated carbocycles. The first kappa shape index (κ1) is 17.8. The zero-order chi connectivity index (χ0) is 18.4. The standard InChI is InChI=1S/C20H17ClN2O3/c1-25-20(24)17-8-4-3-7-16(17)19-11-10-15(26-19)13-23-22-12-14-6-2-5-9-18(14)21/h2-11,13,22H,12H2,1H3/b23-13-. The highest BCUT2D eigenvalue weighted by Crippen LogP contribution is 2.26. The van der Waals surface area contributed by atoms with E-state index in [0.29, 0.717) is 34.2 Å². The number of hydrogen-bond acceptors (Lipinski definition) is 5. The number of benzene rings is 2. The summed E-state index contributed by atoms with van der Waals surface area (Å²) in [5.41, 5.74) is 5.00. The Hall–Kier alpha value is -3.05. The molecule has 0 radical (unpaired) electrons. The number of hydrogen-bond donors (Lipinski definition) is 1. The van der Waals surface area contributed by atoms with Crippen LogP contribution in [0.25, 0.3) is 11.3 Å². The number of furan rings is 1. The van der Waals surface area contributed by atoms with Gasteiger partial charge in [-0.15, -0.1) is 0 Å². The maximum atomic E-state index is 11.9. The SMILES string of the molecule is COC(=O)c1ccccc1-c1ccc(/C=N\NCc2ccccc2Cl)o1. The molecule has 5 nitrogen and oxygen atoms in total. The summed E-state index contributed by atoms with van der Waals surface area (Å²) in [4.78, 5) is 11.9. The van der Waals surface area contributed by atoms with Crippen molar-refractivity contribution < 1.29 is 13.9 Å². The first-order chi connectivity index (χ1) is 12.7. The minimum atomic E-state index is -0.409. The van der Waals surface area contributed by atoms with Crippen molar-refractivity contribution in [2.75, 3.05) is 7.11 Å². The van der Waals surface area contributed by atoms with E-state index >= 15 is 0 Å². The molecule has 6 heteroatoms. The summed E-state index contributed by atoms with van der Waals surface area (Å²) in [6, 6.07) is 18.3. The third kappa shape index (κ3) is 4.13. The number of carbonyl (C=O) groups is 1. The Balaban J connectivity index is 1.69. The number of ether oxygens (including phenoxy) is 1. The smallest absolute Gasteiger partial charge is 0.338 e. The Morgan fingerprint density at radius 3 is 2.73 bits per heavy atom. The minimum absolute atomic E-state index is 0.409. The molecule has 0 atom stereocenters. The molecular formula is C20H17ClN2O3. The van der Waals surface area contributed by atoms with E-state index in [1.54, 1.807) is 30.5 Å². The minimum Gasteiger partial charge on any atom is -0.465 e. The highest BCUT2D eigenvalue weighted by Gasteiger charge is 2.14. The molecule has 0 aliphatic carbocycles. The lowest BCUT2D eigenvalue weighted by Crippen LogP contribution is -2.05. The number of carbonyl (C=O) groups excluding carboxylic acids is 1. The Morgan fingerprint density at radius 2 is 1.92 bits per heavy atom. The average molecular weight is 369 g/mol. The van der Waals surface area contributed by atoms with E-state index in [2.05, 4.69) is 10.5 Å². The van der Waals surface area contributed by atoms with Gasteiger partial charge in [0.05, 0.1) is 25.4 Å². The van der Waals surface area contributed by atoms with Gasteiger partial charge in [0.1, 0.15) is 11.5 Å². The molecule has 0 bridgehead atoms. The van der Waals surface area contributed by atoms with Gasteiger partial charge in [-0.2, -0.15) is 5.10 Å². The molecule has 0 spiro atoms.